The largest absolute Gasteiger partial charge is 0.309 e. The summed E-state index contributed by atoms with van der Waals surface area (Å²) in [6, 6.07) is 2.70. The molecule has 0 aliphatic rings. The number of thiophene rings is 1. The molecule has 0 saturated heterocycles. The number of hydrogen-bond acceptors (Lipinski definition) is 4. The van der Waals surface area contributed by atoms with Gasteiger partial charge in [-0.1, -0.05) is 6.92 Å². The van der Waals surface area contributed by atoms with Crippen molar-refractivity contribution in [3.63, 3.8) is 0 Å². The molecule has 4 heteroatoms. The molecule has 86 valence electrons. The molecule has 0 amide bonds. The SMILES string of the molecule is CCC(C)NCc1cnc(-c2ccsc2)s1. The highest BCUT2D eigenvalue weighted by atomic mass is 32.1. The second kappa shape index (κ2) is 5.57. The highest BCUT2D eigenvalue weighted by molar-refractivity contribution is 7.15. The number of hydrogen-bond donors (Lipinski definition) is 1. The van der Waals surface area contributed by atoms with E-state index in [-0.39, 0.29) is 0 Å². The van der Waals surface area contributed by atoms with E-state index in [1.54, 1.807) is 22.7 Å². The van der Waals surface area contributed by atoms with Crippen LogP contribution < -0.4 is 5.32 Å². The van der Waals surface area contributed by atoms with Gasteiger partial charge in [-0.05, 0) is 24.8 Å². The summed E-state index contributed by atoms with van der Waals surface area (Å²) in [4.78, 5) is 5.75. The molecule has 0 radical (unpaired) electrons. The van der Waals surface area contributed by atoms with Gasteiger partial charge in [-0.2, -0.15) is 11.3 Å². The second-order valence-electron chi connectivity index (χ2n) is 3.83. The Hall–Kier alpha value is -0.710. The van der Waals surface area contributed by atoms with Crippen LogP contribution in [0.3, 0.4) is 0 Å². The predicted octanol–water partition coefficient (Wildman–Crippen LogP) is 3.76. The summed E-state index contributed by atoms with van der Waals surface area (Å²) in [6.07, 6.45) is 3.14. The van der Waals surface area contributed by atoms with Gasteiger partial charge in [-0.15, -0.1) is 11.3 Å². The van der Waals surface area contributed by atoms with Crippen LogP contribution in [-0.4, -0.2) is 11.0 Å². The van der Waals surface area contributed by atoms with Crippen molar-refractivity contribution in [2.75, 3.05) is 0 Å². The van der Waals surface area contributed by atoms with Crippen molar-refractivity contribution in [2.45, 2.75) is 32.9 Å². The molecule has 2 aromatic rings. The fraction of sp³-hybridized carbons (Fsp3) is 0.417. The zero-order valence-corrected chi connectivity index (χ0v) is 11.2. The van der Waals surface area contributed by atoms with E-state index in [1.165, 1.54) is 10.4 Å². The Morgan fingerprint density at radius 2 is 2.38 bits per heavy atom. The Balaban J connectivity index is 1.98. The first-order chi connectivity index (χ1) is 7.79. The maximum atomic E-state index is 4.45. The average molecular weight is 252 g/mol. The molecule has 2 aromatic heterocycles. The van der Waals surface area contributed by atoms with Gasteiger partial charge in [0.2, 0.25) is 0 Å². The normalized spacial score (nSPS) is 12.9. The molecule has 16 heavy (non-hydrogen) atoms. The number of nitrogens with zero attached hydrogens (tertiary/aromatic N) is 1. The number of thiazole rings is 1. The average Bonchev–Trinajstić information content (AvgIpc) is 2.95. The molecule has 0 aromatic carbocycles. The summed E-state index contributed by atoms with van der Waals surface area (Å²) >= 11 is 3.49. The molecular formula is C12H16N2S2. The first-order valence-electron chi connectivity index (χ1n) is 5.50. The van der Waals surface area contributed by atoms with Gasteiger partial charge in [0.1, 0.15) is 5.01 Å². The molecular weight excluding hydrogens is 236 g/mol. The Bertz CT molecular complexity index is 420. The monoisotopic (exact) mass is 252 g/mol. The van der Waals surface area contributed by atoms with Gasteiger partial charge in [0.25, 0.3) is 0 Å². The fourth-order valence-electron chi connectivity index (χ4n) is 1.33. The summed E-state index contributed by atoms with van der Waals surface area (Å²) in [5, 5.41) is 8.84. The van der Waals surface area contributed by atoms with E-state index in [9.17, 15) is 0 Å². The highest BCUT2D eigenvalue weighted by Crippen LogP contribution is 2.26. The van der Waals surface area contributed by atoms with Gasteiger partial charge < -0.3 is 5.32 Å². The van der Waals surface area contributed by atoms with Gasteiger partial charge in [0.15, 0.2) is 0 Å². The van der Waals surface area contributed by atoms with E-state index in [1.807, 2.05) is 6.20 Å². The number of rotatable bonds is 5. The van der Waals surface area contributed by atoms with Crippen LogP contribution in [0.2, 0.25) is 0 Å². The van der Waals surface area contributed by atoms with E-state index in [2.05, 4.69) is 41.0 Å². The van der Waals surface area contributed by atoms with Crippen molar-refractivity contribution in [3.8, 4) is 10.6 Å². The van der Waals surface area contributed by atoms with Gasteiger partial charge in [-0.25, -0.2) is 4.98 Å². The van der Waals surface area contributed by atoms with Crippen molar-refractivity contribution in [3.05, 3.63) is 27.9 Å². The maximum Gasteiger partial charge on any atom is 0.124 e. The summed E-state index contributed by atoms with van der Waals surface area (Å²) in [5.74, 6) is 0. The third kappa shape index (κ3) is 2.90. The van der Waals surface area contributed by atoms with Crippen molar-refractivity contribution < 1.29 is 0 Å². The zero-order chi connectivity index (χ0) is 11.4. The quantitative estimate of drug-likeness (QED) is 0.876. The summed E-state index contributed by atoms with van der Waals surface area (Å²) in [5.41, 5.74) is 1.24. The van der Waals surface area contributed by atoms with Crippen LogP contribution in [0.5, 0.6) is 0 Å². The van der Waals surface area contributed by atoms with E-state index in [0.29, 0.717) is 6.04 Å². The van der Waals surface area contributed by atoms with Gasteiger partial charge in [0, 0.05) is 34.6 Å². The molecule has 0 aliphatic heterocycles. The smallest absolute Gasteiger partial charge is 0.124 e. The molecule has 0 bridgehead atoms. The zero-order valence-electron chi connectivity index (χ0n) is 9.56. The molecule has 0 saturated carbocycles. The van der Waals surface area contributed by atoms with Crippen LogP contribution in [0.4, 0.5) is 0 Å². The minimum absolute atomic E-state index is 0.576. The van der Waals surface area contributed by atoms with Crippen molar-refractivity contribution in [1.82, 2.24) is 10.3 Å². The lowest BCUT2D eigenvalue weighted by Crippen LogP contribution is -2.23. The predicted molar refractivity (Wildman–Crippen MR) is 72.0 cm³/mol. The molecule has 0 fully saturated rings. The molecule has 1 N–H and O–H groups in total. The lowest BCUT2D eigenvalue weighted by molar-refractivity contribution is 0.537. The molecule has 1 atom stereocenters. The topological polar surface area (TPSA) is 24.9 Å². The first-order valence-corrected chi connectivity index (χ1v) is 7.26. The highest BCUT2D eigenvalue weighted by Gasteiger charge is 2.05. The Morgan fingerprint density at radius 3 is 3.06 bits per heavy atom. The molecule has 2 nitrogen and oxygen atoms in total. The van der Waals surface area contributed by atoms with Gasteiger partial charge >= 0.3 is 0 Å². The lowest BCUT2D eigenvalue weighted by atomic mass is 10.2. The minimum Gasteiger partial charge on any atom is -0.309 e. The third-order valence-electron chi connectivity index (χ3n) is 2.56. The molecule has 2 heterocycles. The van der Waals surface area contributed by atoms with Crippen LogP contribution in [-0.2, 0) is 6.54 Å². The van der Waals surface area contributed by atoms with Crippen LogP contribution in [0.15, 0.2) is 23.0 Å². The first kappa shape index (κ1) is 11.8. The van der Waals surface area contributed by atoms with Gasteiger partial charge in [-0.3, -0.25) is 0 Å². The molecule has 0 aliphatic carbocycles. The standard InChI is InChI=1S/C12H16N2S2/c1-3-9(2)13-6-11-7-14-12(16-11)10-4-5-15-8-10/h4-5,7-9,13H,3,6H2,1-2H3. The molecule has 0 spiro atoms. The molecule has 1 unspecified atom stereocenters. The second-order valence-corrected chi connectivity index (χ2v) is 5.73. The summed E-state index contributed by atoms with van der Waals surface area (Å²) in [6.45, 7) is 5.33. The van der Waals surface area contributed by atoms with Crippen LogP contribution in [0.1, 0.15) is 25.1 Å². The van der Waals surface area contributed by atoms with E-state index >= 15 is 0 Å². The van der Waals surface area contributed by atoms with Gasteiger partial charge in [0.05, 0.1) is 0 Å². The molecule has 2 rings (SSSR count). The van der Waals surface area contributed by atoms with Crippen LogP contribution in [0, 0.1) is 0 Å². The van der Waals surface area contributed by atoms with E-state index < -0.39 is 0 Å². The number of aromatic nitrogens is 1. The minimum atomic E-state index is 0.576. The van der Waals surface area contributed by atoms with Crippen molar-refractivity contribution in [2.24, 2.45) is 0 Å². The lowest BCUT2D eigenvalue weighted by Gasteiger charge is -2.08. The maximum absolute atomic E-state index is 4.45. The van der Waals surface area contributed by atoms with Crippen LogP contribution in [0.25, 0.3) is 10.6 Å². The van der Waals surface area contributed by atoms with Crippen molar-refractivity contribution in [1.29, 1.82) is 0 Å². The summed E-state index contributed by atoms with van der Waals surface area (Å²) < 4.78 is 0. The van der Waals surface area contributed by atoms with Crippen LogP contribution >= 0.6 is 22.7 Å². The Morgan fingerprint density at radius 1 is 1.50 bits per heavy atom. The Kier molecular flexibility index (Phi) is 4.09. The Labute approximate surface area is 104 Å². The van der Waals surface area contributed by atoms with Crippen molar-refractivity contribution >= 4 is 22.7 Å². The van der Waals surface area contributed by atoms with E-state index in [0.717, 1.165) is 18.0 Å². The fourth-order valence-corrected chi connectivity index (χ4v) is 2.90. The summed E-state index contributed by atoms with van der Waals surface area (Å²) in [7, 11) is 0. The number of nitrogens with one attached hydrogen (secondary N) is 1. The third-order valence-corrected chi connectivity index (χ3v) is 4.29. The van der Waals surface area contributed by atoms with E-state index in [4.69, 9.17) is 0 Å².